The molecule has 2 aromatic carbocycles. The average Bonchev–Trinajstić information content (AvgIpc) is 2.37. The number of carbonyl (C=O) groups is 1. The van der Waals surface area contributed by atoms with Crippen molar-refractivity contribution in [3.63, 3.8) is 0 Å². The van der Waals surface area contributed by atoms with Crippen LogP contribution in [-0.2, 0) is 11.2 Å². The van der Waals surface area contributed by atoms with E-state index in [1.165, 1.54) is 0 Å². The first-order valence-corrected chi connectivity index (χ1v) is 6.82. The van der Waals surface area contributed by atoms with Gasteiger partial charge in [0.25, 0.3) is 0 Å². The van der Waals surface area contributed by atoms with Gasteiger partial charge in [-0.05, 0) is 24.3 Å². The molecule has 6 heteroatoms. The summed E-state index contributed by atoms with van der Waals surface area (Å²) in [6.07, 6.45) is -0.190. The number of carboxylic acids is 1. The van der Waals surface area contributed by atoms with E-state index in [0.29, 0.717) is 32.0 Å². The van der Waals surface area contributed by atoms with Crippen molar-refractivity contribution >= 4 is 52.1 Å². The van der Waals surface area contributed by atoms with Gasteiger partial charge in [0.1, 0.15) is 0 Å². The Bertz CT molecular complexity index is 639. The van der Waals surface area contributed by atoms with E-state index in [9.17, 15) is 4.79 Å². The van der Waals surface area contributed by atoms with Crippen LogP contribution in [0.3, 0.4) is 0 Å². The molecule has 0 heterocycles. The summed E-state index contributed by atoms with van der Waals surface area (Å²) in [7, 11) is 0. The molecule has 0 radical (unpaired) electrons. The number of hydrogen-bond acceptors (Lipinski definition) is 2. The first kappa shape index (κ1) is 15.0. The molecule has 0 fully saturated rings. The summed E-state index contributed by atoms with van der Waals surface area (Å²) in [5.74, 6) is -0.966. The molecule has 2 N–H and O–H groups in total. The van der Waals surface area contributed by atoms with Gasteiger partial charge in [0.15, 0.2) is 0 Å². The zero-order valence-corrected chi connectivity index (χ0v) is 12.4. The van der Waals surface area contributed by atoms with Gasteiger partial charge in [0, 0.05) is 16.3 Å². The Morgan fingerprint density at radius 2 is 1.55 bits per heavy atom. The molecule has 0 aliphatic rings. The smallest absolute Gasteiger partial charge is 0.307 e. The van der Waals surface area contributed by atoms with Crippen LogP contribution in [0.2, 0.25) is 15.1 Å². The van der Waals surface area contributed by atoms with E-state index in [-0.39, 0.29) is 6.42 Å². The monoisotopic (exact) mass is 329 g/mol. The fourth-order valence-corrected chi connectivity index (χ4v) is 2.49. The molecule has 20 heavy (non-hydrogen) atoms. The Morgan fingerprint density at radius 1 is 1.00 bits per heavy atom. The second kappa shape index (κ2) is 6.35. The van der Waals surface area contributed by atoms with Crippen LogP contribution in [0.25, 0.3) is 0 Å². The van der Waals surface area contributed by atoms with Gasteiger partial charge in [-0.3, -0.25) is 4.79 Å². The molecule has 0 bridgehead atoms. The summed E-state index contributed by atoms with van der Waals surface area (Å²) in [4.78, 5) is 10.9. The molecule has 0 atom stereocenters. The number of nitrogens with one attached hydrogen (secondary N) is 1. The van der Waals surface area contributed by atoms with Crippen LogP contribution < -0.4 is 5.32 Å². The highest BCUT2D eigenvalue weighted by Crippen LogP contribution is 2.35. The number of anilines is 2. The molecular weight excluding hydrogens is 321 g/mol. The summed E-state index contributed by atoms with van der Waals surface area (Å²) < 4.78 is 0. The molecule has 2 rings (SSSR count). The maximum atomic E-state index is 10.9. The zero-order chi connectivity index (χ0) is 14.7. The highest BCUT2D eigenvalue weighted by Gasteiger charge is 2.13. The molecule has 0 saturated heterocycles. The number of benzene rings is 2. The molecule has 2 aromatic rings. The lowest BCUT2D eigenvalue weighted by molar-refractivity contribution is -0.136. The summed E-state index contributed by atoms with van der Waals surface area (Å²) in [6.45, 7) is 0. The van der Waals surface area contributed by atoms with E-state index in [1.807, 2.05) is 0 Å². The summed E-state index contributed by atoms with van der Waals surface area (Å²) in [5.41, 5.74) is 1.57. The Morgan fingerprint density at radius 3 is 2.15 bits per heavy atom. The first-order valence-electron chi connectivity index (χ1n) is 5.69. The Labute approximate surface area is 131 Å². The van der Waals surface area contributed by atoms with Crippen molar-refractivity contribution in [1.29, 1.82) is 0 Å². The highest BCUT2D eigenvalue weighted by atomic mass is 35.5. The van der Waals surface area contributed by atoms with Gasteiger partial charge in [-0.1, -0.05) is 46.9 Å². The van der Waals surface area contributed by atoms with Crippen molar-refractivity contribution in [3.05, 3.63) is 57.0 Å². The van der Waals surface area contributed by atoms with Crippen LogP contribution in [0, 0.1) is 0 Å². The van der Waals surface area contributed by atoms with Crippen molar-refractivity contribution in [2.45, 2.75) is 6.42 Å². The first-order chi connectivity index (χ1) is 9.49. The van der Waals surface area contributed by atoms with Crippen LogP contribution in [0.1, 0.15) is 5.56 Å². The fraction of sp³-hybridized carbons (Fsp3) is 0.0714. The Balaban J connectivity index is 2.43. The molecule has 0 aliphatic heterocycles. The number of hydrogen-bond donors (Lipinski definition) is 2. The van der Waals surface area contributed by atoms with Crippen molar-refractivity contribution in [1.82, 2.24) is 0 Å². The van der Waals surface area contributed by atoms with Gasteiger partial charge >= 0.3 is 5.97 Å². The third kappa shape index (κ3) is 3.37. The molecule has 104 valence electrons. The molecule has 0 aromatic heterocycles. The van der Waals surface area contributed by atoms with E-state index in [2.05, 4.69) is 5.32 Å². The van der Waals surface area contributed by atoms with E-state index in [1.54, 1.807) is 36.4 Å². The lowest BCUT2D eigenvalue weighted by Crippen LogP contribution is -2.05. The topological polar surface area (TPSA) is 49.3 Å². The number of aliphatic carboxylic acids is 1. The molecule has 0 aliphatic carbocycles. The molecule has 0 spiro atoms. The summed E-state index contributed by atoms with van der Waals surface area (Å²) in [5, 5.41) is 13.3. The normalized spacial score (nSPS) is 10.3. The third-order valence-electron chi connectivity index (χ3n) is 2.67. The fourth-order valence-electron chi connectivity index (χ4n) is 1.76. The number of rotatable bonds is 4. The molecule has 0 unspecified atom stereocenters. The van der Waals surface area contributed by atoms with Crippen LogP contribution in [0.4, 0.5) is 11.4 Å². The molecule has 0 saturated carbocycles. The largest absolute Gasteiger partial charge is 0.481 e. The van der Waals surface area contributed by atoms with Gasteiger partial charge in [-0.2, -0.15) is 0 Å². The second-order valence-corrected chi connectivity index (χ2v) is 5.28. The minimum Gasteiger partial charge on any atom is -0.481 e. The number of carboxylic acid groups (broad SMARTS) is 1. The number of halogens is 3. The molecular formula is C14H10Cl3NO2. The van der Waals surface area contributed by atoms with Crippen LogP contribution in [-0.4, -0.2) is 11.1 Å². The Kier molecular flexibility index (Phi) is 4.76. The van der Waals surface area contributed by atoms with E-state index >= 15 is 0 Å². The van der Waals surface area contributed by atoms with Crippen molar-refractivity contribution in [2.24, 2.45) is 0 Å². The molecule has 0 amide bonds. The predicted octanol–water partition coefficient (Wildman–Crippen LogP) is 5.02. The van der Waals surface area contributed by atoms with Crippen molar-refractivity contribution in [3.8, 4) is 0 Å². The number of para-hydroxylation sites is 1. The Hall–Kier alpha value is -1.42. The van der Waals surface area contributed by atoms with Gasteiger partial charge in [-0.25, -0.2) is 0 Å². The van der Waals surface area contributed by atoms with Crippen molar-refractivity contribution < 1.29 is 9.90 Å². The van der Waals surface area contributed by atoms with Crippen molar-refractivity contribution in [2.75, 3.05) is 5.32 Å². The maximum Gasteiger partial charge on any atom is 0.307 e. The SMILES string of the molecule is O=C(O)Cc1c(Cl)cccc1Nc1c(Cl)cccc1Cl. The highest BCUT2D eigenvalue weighted by molar-refractivity contribution is 6.39. The average molecular weight is 331 g/mol. The van der Waals surface area contributed by atoms with Gasteiger partial charge in [0.2, 0.25) is 0 Å². The van der Waals surface area contributed by atoms with Crippen LogP contribution in [0.15, 0.2) is 36.4 Å². The quantitative estimate of drug-likeness (QED) is 0.827. The zero-order valence-electron chi connectivity index (χ0n) is 10.2. The minimum atomic E-state index is -0.966. The van der Waals surface area contributed by atoms with Gasteiger partial charge < -0.3 is 10.4 Å². The van der Waals surface area contributed by atoms with Gasteiger partial charge in [0.05, 0.1) is 22.2 Å². The van der Waals surface area contributed by atoms with Gasteiger partial charge in [-0.15, -0.1) is 0 Å². The third-order valence-corrected chi connectivity index (χ3v) is 3.65. The van der Waals surface area contributed by atoms with E-state index in [0.717, 1.165) is 0 Å². The standard InChI is InChI=1S/C14H10Cl3NO2/c15-9-3-2-6-12(8(9)7-13(19)20)18-14-10(16)4-1-5-11(14)17/h1-6,18H,7H2,(H,19,20). The lowest BCUT2D eigenvalue weighted by atomic mass is 10.1. The molecule has 3 nitrogen and oxygen atoms in total. The van der Waals surface area contributed by atoms with E-state index < -0.39 is 5.97 Å². The second-order valence-electron chi connectivity index (χ2n) is 4.06. The summed E-state index contributed by atoms with van der Waals surface area (Å²) >= 11 is 18.2. The van der Waals surface area contributed by atoms with E-state index in [4.69, 9.17) is 39.9 Å². The van der Waals surface area contributed by atoms with Crippen LogP contribution >= 0.6 is 34.8 Å². The maximum absolute atomic E-state index is 10.9. The minimum absolute atomic E-state index is 0.190. The lowest BCUT2D eigenvalue weighted by Gasteiger charge is -2.14. The summed E-state index contributed by atoms with van der Waals surface area (Å²) in [6, 6.07) is 10.2. The predicted molar refractivity (Wildman–Crippen MR) is 82.5 cm³/mol. The van der Waals surface area contributed by atoms with Crippen LogP contribution in [0.5, 0.6) is 0 Å².